The van der Waals surface area contributed by atoms with Crippen molar-refractivity contribution < 1.29 is 0 Å². The zero-order valence-corrected chi connectivity index (χ0v) is 12.2. The Morgan fingerprint density at radius 2 is 1.79 bits per heavy atom. The minimum atomic E-state index is 0.252. The highest BCUT2D eigenvalue weighted by Gasteiger charge is 2.34. The number of allylic oxidation sites excluding steroid dienone is 2. The SMILES string of the molecule is CC(C)(C)C1C2=C(CCCC2)N=Cc2ccccc21. The van der Waals surface area contributed by atoms with Crippen LogP contribution in [0.3, 0.4) is 0 Å². The minimum Gasteiger partial charge on any atom is -0.261 e. The standard InChI is InChI=1S/C18H23N/c1-18(2,3)17-14-9-5-4-8-13(14)12-19-16-11-7-6-10-15(16)17/h4-5,8-9,12,17H,6-7,10-11H2,1-3H3. The quantitative estimate of drug-likeness (QED) is 0.611. The largest absolute Gasteiger partial charge is 0.261 e. The van der Waals surface area contributed by atoms with E-state index in [0.717, 1.165) is 6.42 Å². The smallest absolute Gasteiger partial charge is 0.0402 e. The van der Waals surface area contributed by atoms with Crippen molar-refractivity contribution in [2.45, 2.75) is 52.4 Å². The summed E-state index contributed by atoms with van der Waals surface area (Å²) in [5.41, 5.74) is 5.98. The Balaban J connectivity index is 2.20. The van der Waals surface area contributed by atoms with Gasteiger partial charge >= 0.3 is 0 Å². The lowest BCUT2D eigenvalue weighted by molar-refractivity contribution is 0.341. The number of aliphatic imine (C=N–C) groups is 1. The molecule has 1 aromatic rings. The zero-order valence-electron chi connectivity index (χ0n) is 12.2. The molecule has 1 heterocycles. The van der Waals surface area contributed by atoms with E-state index >= 15 is 0 Å². The highest BCUT2D eigenvalue weighted by molar-refractivity contribution is 5.84. The Morgan fingerprint density at radius 1 is 1.05 bits per heavy atom. The molecule has 100 valence electrons. The Bertz CT molecular complexity index is 543. The fourth-order valence-electron chi connectivity index (χ4n) is 3.59. The van der Waals surface area contributed by atoms with Crippen LogP contribution in [0, 0.1) is 5.41 Å². The van der Waals surface area contributed by atoms with Gasteiger partial charge in [0.05, 0.1) is 0 Å². The molecule has 0 saturated heterocycles. The number of benzene rings is 1. The first-order valence-electron chi connectivity index (χ1n) is 7.42. The third kappa shape index (κ3) is 2.27. The molecule has 19 heavy (non-hydrogen) atoms. The van der Waals surface area contributed by atoms with Crippen LogP contribution in [0.25, 0.3) is 0 Å². The first-order chi connectivity index (χ1) is 9.07. The zero-order chi connectivity index (χ0) is 13.5. The molecule has 0 radical (unpaired) electrons. The minimum absolute atomic E-state index is 0.252. The van der Waals surface area contributed by atoms with Crippen molar-refractivity contribution in [1.29, 1.82) is 0 Å². The normalized spacial score (nSPS) is 22.8. The number of nitrogens with zero attached hydrogens (tertiary/aromatic N) is 1. The van der Waals surface area contributed by atoms with Gasteiger partial charge in [-0.05, 0) is 47.8 Å². The van der Waals surface area contributed by atoms with Gasteiger partial charge in [0.2, 0.25) is 0 Å². The molecule has 0 fully saturated rings. The molecule has 1 aromatic carbocycles. The van der Waals surface area contributed by atoms with E-state index in [1.807, 2.05) is 0 Å². The van der Waals surface area contributed by atoms with Gasteiger partial charge in [0.15, 0.2) is 0 Å². The molecule has 0 spiro atoms. The lowest BCUT2D eigenvalue weighted by Crippen LogP contribution is -2.23. The summed E-state index contributed by atoms with van der Waals surface area (Å²) < 4.78 is 0. The van der Waals surface area contributed by atoms with Crippen molar-refractivity contribution in [2.75, 3.05) is 0 Å². The van der Waals surface area contributed by atoms with E-state index in [0.29, 0.717) is 5.92 Å². The van der Waals surface area contributed by atoms with Gasteiger partial charge in [-0.3, -0.25) is 4.99 Å². The van der Waals surface area contributed by atoms with Crippen LogP contribution in [0.2, 0.25) is 0 Å². The predicted octanol–water partition coefficient (Wildman–Crippen LogP) is 5.08. The molecular weight excluding hydrogens is 230 g/mol. The molecule has 3 rings (SSSR count). The summed E-state index contributed by atoms with van der Waals surface area (Å²) in [5.74, 6) is 0.515. The van der Waals surface area contributed by atoms with E-state index in [2.05, 4.69) is 51.3 Å². The summed E-state index contributed by atoms with van der Waals surface area (Å²) in [6.45, 7) is 7.08. The molecule has 0 N–H and O–H groups in total. The maximum atomic E-state index is 4.80. The summed E-state index contributed by atoms with van der Waals surface area (Å²) in [4.78, 5) is 4.80. The molecule has 1 heteroatoms. The van der Waals surface area contributed by atoms with E-state index in [-0.39, 0.29) is 5.41 Å². The molecule has 1 aliphatic heterocycles. The number of rotatable bonds is 0. The van der Waals surface area contributed by atoms with Gasteiger partial charge in [-0.25, -0.2) is 0 Å². The van der Waals surface area contributed by atoms with Gasteiger partial charge < -0.3 is 0 Å². The van der Waals surface area contributed by atoms with Crippen LogP contribution in [0.15, 0.2) is 40.5 Å². The van der Waals surface area contributed by atoms with Crippen LogP contribution in [0.1, 0.15) is 63.5 Å². The van der Waals surface area contributed by atoms with Gasteiger partial charge in [0.1, 0.15) is 0 Å². The van der Waals surface area contributed by atoms with Gasteiger partial charge in [-0.15, -0.1) is 0 Å². The molecule has 0 amide bonds. The summed E-state index contributed by atoms with van der Waals surface area (Å²) in [7, 11) is 0. The monoisotopic (exact) mass is 253 g/mol. The van der Waals surface area contributed by atoms with Gasteiger partial charge in [-0.2, -0.15) is 0 Å². The second-order valence-corrected chi connectivity index (χ2v) is 6.87. The van der Waals surface area contributed by atoms with E-state index in [1.54, 1.807) is 5.57 Å². The average Bonchev–Trinajstić information content (AvgIpc) is 2.54. The summed E-state index contributed by atoms with van der Waals surface area (Å²) in [5, 5.41) is 0. The first-order valence-corrected chi connectivity index (χ1v) is 7.42. The molecule has 0 saturated carbocycles. The molecule has 1 aliphatic carbocycles. The van der Waals surface area contributed by atoms with Crippen molar-refractivity contribution in [3.63, 3.8) is 0 Å². The van der Waals surface area contributed by atoms with E-state index < -0.39 is 0 Å². The topological polar surface area (TPSA) is 12.4 Å². The van der Waals surface area contributed by atoms with Crippen molar-refractivity contribution >= 4 is 6.21 Å². The maximum absolute atomic E-state index is 4.80. The molecular formula is C18H23N. The highest BCUT2D eigenvalue weighted by atomic mass is 14.8. The number of hydrogen-bond acceptors (Lipinski definition) is 1. The summed E-state index contributed by atoms with van der Waals surface area (Å²) in [6, 6.07) is 8.78. The van der Waals surface area contributed by atoms with Gasteiger partial charge in [0, 0.05) is 17.8 Å². The summed E-state index contributed by atoms with van der Waals surface area (Å²) >= 11 is 0. The Kier molecular flexibility index (Phi) is 3.08. The fraction of sp³-hybridized carbons (Fsp3) is 0.500. The van der Waals surface area contributed by atoms with Crippen LogP contribution in [0.5, 0.6) is 0 Å². The van der Waals surface area contributed by atoms with Crippen LogP contribution in [-0.2, 0) is 0 Å². The average molecular weight is 253 g/mol. The van der Waals surface area contributed by atoms with Crippen molar-refractivity contribution in [3.8, 4) is 0 Å². The third-order valence-corrected chi connectivity index (χ3v) is 4.36. The molecule has 0 aromatic heterocycles. The molecule has 1 nitrogen and oxygen atoms in total. The number of fused-ring (bicyclic) bond motifs is 1. The van der Waals surface area contributed by atoms with E-state index in [9.17, 15) is 0 Å². The van der Waals surface area contributed by atoms with Crippen LogP contribution >= 0.6 is 0 Å². The van der Waals surface area contributed by atoms with Crippen molar-refractivity contribution in [2.24, 2.45) is 10.4 Å². The van der Waals surface area contributed by atoms with E-state index in [1.165, 1.54) is 36.1 Å². The van der Waals surface area contributed by atoms with E-state index in [4.69, 9.17) is 4.99 Å². The second-order valence-electron chi connectivity index (χ2n) is 6.87. The molecule has 1 atom stereocenters. The Labute approximate surface area is 116 Å². The maximum Gasteiger partial charge on any atom is 0.0402 e. The molecule has 2 aliphatic rings. The lowest BCUT2D eigenvalue weighted by Gasteiger charge is -2.35. The third-order valence-electron chi connectivity index (χ3n) is 4.36. The fourth-order valence-corrected chi connectivity index (χ4v) is 3.59. The Hall–Kier alpha value is -1.37. The molecule has 1 unspecified atom stereocenters. The summed E-state index contributed by atoms with van der Waals surface area (Å²) in [6.07, 6.45) is 7.09. The van der Waals surface area contributed by atoms with Gasteiger partial charge in [0.25, 0.3) is 0 Å². The number of hydrogen-bond donors (Lipinski definition) is 0. The predicted molar refractivity (Wildman–Crippen MR) is 81.7 cm³/mol. The first kappa shape index (κ1) is 12.7. The Morgan fingerprint density at radius 3 is 2.58 bits per heavy atom. The van der Waals surface area contributed by atoms with Crippen molar-refractivity contribution in [3.05, 3.63) is 46.7 Å². The lowest BCUT2D eigenvalue weighted by atomic mass is 9.69. The highest BCUT2D eigenvalue weighted by Crippen LogP contribution is 2.47. The van der Waals surface area contributed by atoms with Crippen LogP contribution in [-0.4, -0.2) is 6.21 Å². The molecule has 0 bridgehead atoms. The van der Waals surface area contributed by atoms with Crippen molar-refractivity contribution in [1.82, 2.24) is 0 Å². The van der Waals surface area contributed by atoms with Crippen LogP contribution in [0.4, 0.5) is 0 Å². The van der Waals surface area contributed by atoms with Crippen LogP contribution < -0.4 is 0 Å². The second kappa shape index (κ2) is 4.63. The van der Waals surface area contributed by atoms with Gasteiger partial charge in [-0.1, -0.05) is 45.0 Å².